The van der Waals surface area contributed by atoms with Crippen LogP contribution in [0.25, 0.3) is 0 Å². The molecule has 1 aromatic rings. The summed E-state index contributed by atoms with van der Waals surface area (Å²) in [6.45, 7) is 4.17. The normalized spacial score (nSPS) is 12.5. The van der Waals surface area contributed by atoms with Crippen molar-refractivity contribution in [3.05, 3.63) is 34.9 Å². The minimum atomic E-state index is -0.821. The van der Waals surface area contributed by atoms with Crippen LogP contribution in [-0.2, 0) is 11.2 Å². The molecule has 1 rings (SSSR count). The molecule has 0 saturated heterocycles. The summed E-state index contributed by atoms with van der Waals surface area (Å²) < 4.78 is 0. The molecule has 0 aliphatic carbocycles. The van der Waals surface area contributed by atoms with Gasteiger partial charge in [0, 0.05) is 6.54 Å². The Morgan fingerprint density at radius 1 is 1.47 bits per heavy atom. The Morgan fingerprint density at radius 3 is 2.67 bits per heavy atom. The summed E-state index contributed by atoms with van der Waals surface area (Å²) in [5, 5.41) is 8.91. The van der Waals surface area contributed by atoms with E-state index in [4.69, 9.17) is 10.8 Å². The molecule has 3 nitrogen and oxygen atoms in total. The summed E-state index contributed by atoms with van der Waals surface area (Å²) >= 11 is 0. The van der Waals surface area contributed by atoms with Crippen molar-refractivity contribution in [1.29, 1.82) is 0 Å². The Bertz CT molecular complexity index is 361. The molecule has 0 radical (unpaired) electrons. The summed E-state index contributed by atoms with van der Waals surface area (Å²) in [5.74, 6) is -1.30. The molecular weight excluding hydrogens is 190 g/mol. The van der Waals surface area contributed by atoms with Crippen LogP contribution in [0.3, 0.4) is 0 Å². The van der Waals surface area contributed by atoms with Crippen LogP contribution in [0.15, 0.2) is 18.2 Å². The molecule has 0 aromatic heterocycles. The van der Waals surface area contributed by atoms with Gasteiger partial charge in [0.2, 0.25) is 0 Å². The quantitative estimate of drug-likeness (QED) is 0.786. The van der Waals surface area contributed by atoms with Gasteiger partial charge in [-0.05, 0) is 31.4 Å². The highest BCUT2D eigenvalue weighted by Crippen LogP contribution is 2.15. The standard InChI is InChI=1S/C12H17NO2/c1-8-3-4-9(2)10(5-8)6-11(7-13)12(14)15/h3-5,11H,6-7,13H2,1-2H3,(H,14,15). The lowest BCUT2D eigenvalue weighted by Gasteiger charge is -2.12. The highest BCUT2D eigenvalue weighted by Gasteiger charge is 2.16. The molecule has 3 heteroatoms. The molecule has 15 heavy (non-hydrogen) atoms. The lowest BCUT2D eigenvalue weighted by atomic mass is 9.95. The molecule has 1 atom stereocenters. The van der Waals surface area contributed by atoms with Crippen LogP contribution in [0.2, 0.25) is 0 Å². The van der Waals surface area contributed by atoms with E-state index in [1.165, 1.54) is 0 Å². The Hall–Kier alpha value is -1.35. The van der Waals surface area contributed by atoms with Gasteiger partial charge >= 0.3 is 5.97 Å². The molecule has 0 fully saturated rings. The van der Waals surface area contributed by atoms with Crippen LogP contribution in [-0.4, -0.2) is 17.6 Å². The van der Waals surface area contributed by atoms with E-state index in [1.807, 2.05) is 32.0 Å². The first-order chi connectivity index (χ1) is 7.04. The topological polar surface area (TPSA) is 63.3 Å². The molecule has 0 aliphatic rings. The van der Waals surface area contributed by atoms with Crippen molar-refractivity contribution < 1.29 is 9.90 Å². The SMILES string of the molecule is Cc1ccc(C)c(CC(CN)C(=O)O)c1. The number of carboxylic acid groups (broad SMARTS) is 1. The van der Waals surface area contributed by atoms with Crippen LogP contribution >= 0.6 is 0 Å². The first-order valence-corrected chi connectivity index (χ1v) is 5.03. The van der Waals surface area contributed by atoms with Gasteiger partial charge in [-0.2, -0.15) is 0 Å². The fourth-order valence-corrected chi connectivity index (χ4v) is 1.56. The van der Waals surface area contributed by atoms with Gasteiger partial charge in [0.15, 0.2) is 0 Å². The first-order valence-electron chi connectivity index (χ1n) is 5.03. The average molecular weight is 207 g/mol. The second-order valence-corrected chi connectivity index (χ2v) is 3.90. The first kappa shape index (κ1) is 11.7. The van der Waals surface area contributed by atoms with Crippen LogP contribution in [0, 0.1) is 19.8 Å². The number of carboxylic acids is 1. The Labute approximate surface area is 89.9 Å². The highest BCUT2D eigenvalue weighted by molar-refractivity contribution is 5.70. The van der Waals surface area contributed by atoms with Gasteiger partial charge in [0.05, 0.1) is 5.92 Å². The fraction of sp³-hybridized carbons (Fsp3) is 0.417. The van der Waals surface area contributed by atoms with E-state index in [1.54, 1.807) is 0 Å². The maximum atomic E-state index is 10.9. The molecule has 0 bridgehead atoms. The molecule has 0 amide bonds. The van der Waals surface area contributed by atoms with Crippen LogP contribution in [0.5, 0.6) is 0 Å². The van der Waals surface area contributed by atoms with Crippen molar-refractivity contribution in [2.45, 2.75) is 20.3 Å². The predicted molar refractivity (Wildman–Crippen MR) is 59.8 cm³/mol. The molecule has 1 aromatic carbocycles. The van der Waals surface area contributed by atoms with E-state index < -0.39 is 11.9 Å². The summed E-state index contributed by atoms with van der Waals surface area (Å²) in [7, 11) is 0. The van der Waals surface area contributed by atoms with E-state index in [9.17, 15) is 4.79 Å². The molecule has 0 aliphatic heterocycles. The smallest absolute Gasteiger partial charge is 0.308 e. The lowest BCUT2D eigenvalue weighted by molar-refractivity contribution is -0.141. The van der Waals surface area contributed by atoms with Gasteiger partial charge in [-0.15, -0.1) is 0 Å². The number of aliphatic carboxylic acids is 1. The number of nitrogens with two attached hydrogens (primary N) is 1. The number of carbonyl (C=O) groups is 1. The monoisotopic (exact) mass is 207 g/mol. The highest BCUT2D eigenvalue weighted by atomic mass is 16.4. The Balaban J connectivity index is 2.87. The number of hydrogen-bond acceptors (Lipinski definition) is 2. The second kappa shape index (κ2) is 4.94. The number of aryl methyl sites for hydroxylation is 2. The predicted octanol–water partition coefficient (Wildman–Crippen LogP) is 1.51. The summed E-state index contributed by atoms with van der Waals surface area (Å²) in [6.07, 6.45) is 0.513. The molecule has 0 heterocycles. The Morgan fingerprint density at radius 2 is 2.13 bits per heavy atom. The van der Waals surface area contributed by atoms with E-state index in [2.05, 4.69) is 0 Å². The second-order valence-electron chi connectivity index (χ2n) is 3.90. The van der Waals surface area contributed by atoms with Crippen molar-refractivity contribution in [1.82, 2.24) is 0 Å². The average Bonchev–Trinajstić information content (AvgIpc) is 2.18. The fourth-order valence-electron chi connectivity index (χ4n) is 1.56. The van der Waals surface area contributed by atoms with Gasteiger partial charge in [-0.25, -0.2) is 0 Å². The van der Waals surface area contributed by atoms with Crippen molar-refractivity contribution in [3.63, 3.8) is 0 Å². The summed E-state index contributed by atoms with van der Waals surface area (Å²) in [6, 6.07) is 6.07. The largest absolute Gasteiger partial charge is 0.481 e. The summed E-state index contributed by atoms with van der Waals surface area (Å²) in [5.41, 5.74) is 8.78. The number of rotatable bonds is 4. The van der Waals surface area contributed by atoms with E-state index >= 15 is 0 Å². The van der Waals surface area contributed by atoms with E-state index in [-0.39, 0.29) is 6.54 Å². The third-order valence-electron chi connectivity index (χ3n) is 2.60. The molecule has 3 N–H and O–H groups in total. The van der Waals surface area contributed by atoms with Gasteiger partial charge in [0.25, 0.3) is 0 Å². The van der Waals surface area contributed by atoms with Crippen molar-refractivity contribution in [2.24, 2.45) is 11.7 Å². The van der Waals surface area contributed by atoms with E-state index in [0.29, 0.717) is 6.42 Å². The van der Waals surface area contributed by atoms with Crippen LogP contribution < -0.4 is 5.73 Å². The zero-order valence-corrected chi connectivity index (χ0v) is 9.16. The van der Waals surface area contributed by atoms with E-state index in [0.717, 1.165) is 16.7 Å². The van der Waals surface area contributed by atoms with Gasteiger partial charge < -0.3 is 10.8 Å². The van der Waals surface area contributed by atoms with Gasteiger partial charge in [-0.3, -0.25) is 4.79 Å². The van der Waals surface area contributed by atoms with Crippen LogP contribution in [0.1, 0.15) is 16.7 Å². The zero-order valence-electron chi connectivity index (χ0n) is 9.16. The van der Waals surface area contributed by atoms with Crippen molar-refractivity contribution in [2.75, 3.05) is 6.54 Å². The molecule has 0 spiro atoms. The third kappa shape index (κ3) is 3.06. The minimum Gasteiger partial charge on any atom is -0.481 e. The zero-order chi connectivity index (χ0) is 11.4. The molecule has 0 saturated carbocycles. The Kier molecular flexibility index (Phi) is 3.86. The van der Waals surface area contributed by atoms with Gasteiger partial charge in [0.1, 0.15) is 0 Å². The number of hydrogen-bond donors (Lipinski definition) is 2. The van der Waals surface area contributed by atoms with Crippen molar-refractivity contribution in [3.8, 4) is 0 Å². The maximum Gasteiger partial charge on any atom is 0.308 e. The molecular formula is C12H17NO2. The van der Waals surface area contributed by atoms with Crippen molar-refractivity contribution >= 4 is 5.97 Å². The molecule has 1 unspecified atom stereocenters. The van der Waals surface area contributed by atoms with Crippen LogP contribution in [0.4, 0.5) is 0 Å². The lowest BCUT2D eigenvalue weighted by Crippen LogP contribution is -2.25. The summed E-state index contributed by atoms with van der Waals surface area (Å²) in [4.78, 5) is 10.9. The third-order valence-corrected chi connectivity index (χ3v) is 2.60. The maximum absolute atomic E-state index is 10.9. The molecule has 82 valence electrons. The number of benzene rings is 1. The minimum absolute atomic E-state index is 0.183. The van der Waals surface area contributed by atoms with Gasteiger partial charge in [-0.1, -0.05) is 23.8 Å².